The normalized spacial score (nSPS) is 10.7. The minimum atomic E-state index is -0.0509. The van der Waals surface area contributed by atoms with Crippen LogP contribution in [0, 0.1) is 6.92 Å². The number of nitrogens with one attached hydrogen (secondary N) is 2. The van der Waals surface area contributed by atoms with E-state index in [1.807, 2.05) is 62.4 Å². The summed E-state index contributed by atoms with van der Waals surface area (Å²) in [5, 5.41) is 4.04. The van der Waals surface area contributed by atoms with Gasteiger partial charge in [-0.15, -0.1) is 0 Å². The second kappa shape index (κ2) is 6.57. The van der Waals surface area contributed by atoms with Crippen LogP contribution in [0.5, 0.6) is 5.75 Å². The molecule has 0 aliphatic carbocycles. The van der Waals surface area contributed by atoms with Crippen LogP contribution in [0.2, 0.25) is 0 Å². The maximum atomic E-state index is 12.5. The molecule has 23 heavy (non-hydrogen) atoms. The summed E-state index contributed by atoms with van der Waals surface area (Å²) in [6.45, 7) is 4.49. The Balaban J connectivity index is 1.81. The fraction of sp³-hybridized carbons (Fsp3) is 0.211. The number of rotatable bonds is 5. The van der Waals surface area contributed by atoms with Gasteiger partial charge in [-0.2, -0.15) is 0 Å². The first-order chi connectivity index (χ1) is 11.2. The molecule has 0 aliphatic heterocycles. The number of fused-ring (bicyclic) bond motifs is 1. The Hall–Kier alpha value is -2.75. The molecule has 118 valence electrons. The molecule has 4 heteroatoms. The van der Waals surface area contributed by atoms with Crippen molar-refractivity contribution in [3.63, 3.8) is 0 Å². The number of aromatic nitrogens is 1. The first-order valence-electron chi connectivity index (χ1n) is 7.77. The zero-order valence-corrected chi connectivity index (χ0v) is 13.3. The number of carbonyl (C=O) groups is 1. The summed E-state index contributed by atoms with van der Waals surface area (Å²) in [6.07, 6.45) is 0.330. The highest BCUT2D eigenvalue weighted by atomic mass is 16.5. The number of H-pyrrole nitrogens is 1. The van der Waals surface area contributed by atoms with Gasteiger partial charge in [0.25, 0.3) is 0 Å². The van der Waals surface area contributed by atoms with Crippen LogP contribution in [-0.4, -0.2) is 17.5 Å². The first kappa shape index (κ1) is 15.2. The number of carbonyl (C=O) groups excluding carboxylic acids is 1. The minimum Gasteiger partial charge on any atom is -0.492 e. The van der Waals surface area contributed by atoms with Crippen LogP contribution in [0.4, 0.5) is 5.69 Å². The Kier molecular flexibility index (Phi) is 4.33. The van der Waals surface area contributed by atoms with E-state index in [1.54, 1.807) is 0 Å². The number of ether oxygens (including phenoxy) is 1. The molecule has 4 nitrogen and oxygen atoms in total. The second-order valence-corrected chi connectivity index (χ2v) is 5.43. The van der Waals surface area contributed by atoms with E-state index in [4.69, 9.17) is 4.74 Å². The summed E-state index contributed by atoms with van der Waals surface area (Å²) in [6, 6.07) is 15.5. The van der Waals surface area contributed by atoms with Gasteiger partial charge in [-0.05, 0) is 37.6 Å². The minimum absolute atomic E-state index is 0.0509. The smallest absolute Gasteiger partial charge is 0.228 e. The monoisotopic (exact) mass is 308 g/mol. The zero-order valence-electron chi connectivity index (χ0n) is 13.3. The van der Waals surface area contributed by atoms with Crippen molar-refractivity contribution in [1.29, 1.82) is 0 Å². The van der Waals surface area contributed by atoms with E-state index in [1.165, 1.54) is 0 Å². The maximum absolute atomic E-state index is 12.5. The highest BCUT2D eigenvalue weighted by molar-refractivity contribution is 5.97. The first-order valence-corrected chi connectivity index (χ1v) is 7.77. The maximum Gasteiger partial charge on any atom is 0.228 e. The van der Waals surface area contributed by atoms with Crippen molar-refractivity contribution in [3.8, 4) is 5.75 Å². The molecular formula is C19H20N2O2. The highest BCUT2D eigenvalue weighted by Gasteiger charge is 2.13. The van der Waals surface area contributed by atoms with Gasteiger partial charge in [-0.1, -0.05) is 30.3 Å². The van der Waals surface area contributed by atoms with Crippen molar-refractivity contribution < 1.29 is 9.53 Å². The van der Waals surface area contributed by atoms with E-state index >= 15 is 0 Å². The molecular weight excluding hydrogens is 288 g/mol. The van der Waals surface area contributed by atoms with E-state index in [0.29, 0.717) is 24.5 Å². The Labute approximate surface area is 135 Å². The standard InChI is InChI=1S/C19H20N2O2/c1-3-23-18-11-7-6-10-17(18)21-19(22)12-15-13(2)20-16-9-5-4-8-14(15)16/h4-11,20H,3,12H2,1-2H3,(H,21,22). The van der Waals surface area contributed by atoms with E-state index in [0.717, 1.165) is 22.2 Å². The van der Waals surface area contributed by atoms with Gasteiger partial charge in [0, 0.05) is 16.6 Å². The molecule has 0 spiro atoms. The van der Waals surface area contributed by atoms with Gasteiger partial charge in [0.05, 0.1) is 18.7 Å². The number of hydrogen-bond donors (Lipinski definition) is 2. The van der Waals surface area contributed by atoms with Gasteiger partial charge in [0.2, 0.25) is 5.91 Å². The van der Waals surface area contributed by atoms with Crippen LogP contribution in [0.1, 0.15) is 18.2 Å². The van der Waals surface area contributed by atoms with Gasteiger partial charge >= 0.3 is 0 Å². The predicted octanol–water partition coefficient (Wildman–Crippen LogP) is 4.06. The van der Waals surface area contributed by atoms with Crippen molar-refractivity contribution in [2.24, 2.45) is 0 Å². The summed E-state index contributed by atoms with van der Waals surface area (Å²) in [5.74, 6) is 0.643. The fourth-order valence-corrected chi connectivity index (χ4v) is 2.77. The molecule has 0 aliphatic rings. The quantitative estimate of drug-likeness (QED) is 0.747. The largest absolute Gasteiger partial charge is 0.492 e. The Bertz CT molecular complexity index is 836. The summed E-state index contributed by atoms with van der Waals surface area (Å²) in [4.78, 5) is 15.8. The zero-order chi connectivity index (χ0) is 16.2. The van der Waals surface area contributed by atoms with Crippen molar-refractivity contribution in [2.45, 2.75) is 20.3 Å². The lowest BCUT2D eigenvalue weighted by Crippen LogP contribution is -2.15. The summed E-state index contributed by atoms with van der Waals surface area (Å²) in [7, 11) is 0. The highest BCUT2D eigenvalue weighted by Crippen LogP contribution is 2.25. The molecule has 1 heterocycles. The van der Waals surface area contributed by atoms with Crippen molar-refractivity contribution in [2.75, 3.05) is 11.9 Å². The van der Waals surface area contributed by atoms with Crippen LogP contribution in [0.3, 0.4) is 0 Å². The molecule has 3 aromatic rings. The van der Waals surface area contributed by atoms with E-state index < -0.39 is 0 Å². The number of aromatic amines is 1. The number of para-hydroxylation sites is 3. The van der Waals surface area contributed by atoms with Crippen molar-refractivity contribution in [1.82, 2.24) is 4.98 Å². The third kappa shape index (κ3) is 3.21. The SMILES string of the molecule is CCOc1ccccc1NC(=O)Cc1c(C)[nH]c2ccccc12. The van der Waals surface area contributed by atoms with E-state index in [-0.39, 0.29) is 5.91 Å². The van der Waals surface area contributed by atoms with E-state index in [9.17, 15) is 4.79 Å². The summed E-state index contributed by atoms with van der Waals surface area (Å²) in [5.41, 5.74) is 3.82. The van der Waals surface area contributed by atoms with Crippen LogP contribution in [0.15, 0.2) is 48.5 Å². The average molecular weight is 308 g/mol. The lowest BCUT2D eigenvalue weighted by atomic mass is 10.1. The average Bonchev–Trinajstić information content (AvgIpc) is 2.85. The Morgan fingerprint density at radius 1 is 1.13 bits per heavy atom. The Morgan fingerprint density at radius 3 is 2.70 bits per heavy atom. The van der Waals surface area contributed by atoms with Crippen LogP contribution in [0.25, 0.3) is 10.9 Å². The molecule has 0 unspecified atom stereocenters. The molecule has 0 radical (unpaired) electrons. The molecule has 0 atom stereocenters. The van der Waals surface area contributed by atoms with Gasteiger partial charge in [0.15, 0.2) is 0 Å². The lowest BCUT2D eigenvalue weighted by Gasteiger charge is -2.11. The number of aryl methyl sites for hydroxylation is 1. The van der Waals surface area contributed by atoms with Gasteiger partial charge < -0.3 is 15.0 Å². The summed E-state index contributed by atoms with van der Waals surface area (Å²) < 4.78 is 5.55. The number of anilines is 1. The third-order valence-corrected chi connectivity index (χ3v) is 3.83. The third-order valence-electron chi connectivity index (χ3n) is 3.83. The topological polar surface area (TPSA) is 54.1 Å². The second-order valence-electron chi connectivity index (χ2n) is 5.43. The van der Waals surface area contributed by atoms with Crippen LogP contribution < -0.4 is 10.1 Å². The van der Waals surface area contributed by atoms with Crippen LogP contribution in [-0.2, 0) is 11.2 Å². The van der Waals surface area contributed by atoms with Gasteiger partial charge in [-0.3, -0.25) is 4.79 Å². The molecule has 2 N–H and O–H groups in total. The molecule has 2 aromatic carbocycles. The molecule has 0 bridgehead atoms. The molecule has 0 saturated carbocycles. The lowest BCUT2D eigenvalue weighted by molar-refractivity contribution is -0.115. The fourth-order valence-electron chi connectivity index (χ4n) is 2.77. The molecule has 1 aromatic heterocycles. The molecule has 3 rings (SSSR count). The van der Waals surface area contributed by atoms with Crippen molar-refractivity contribution in [3.05, 3.63) is 59.8 Å². The molecule has 1 amide bonds. The van der Waals surface area contributed by atoms with E-state index in [2.05, 4.69) is 10.3 Å². The number of benzene rings is 2. The van der Waals surface area contributed by atoms with Gasteiger partial charge in [0.1, 0.15) is 5.75 Å². The predicted molar refractivity (Wildman–Crippen MR) is 93.0 cm³/mol. The number of hydrogen-bond acceptors (Lipinski definition) is 2. The van der Waals surface area contributed by atoms with Gasteiger partial charge in [-0.25, -0.2) is 0 Å². The van der Waals surface area contributed by atoms with Crippen molar-refractivity contribution >= 4 is 22.5 Å². The number of amides is 1. The Morgan fingerprint density at radius 2 is 1.87 bits per heavy atom. The summed E-state index contributed by atoms with van der Waals surface area (Å²) >= 11 is 0. The molecule has 0 saturated heterocycles. The molecule has 0 fully saturated rings. The van der Waals surface area contributed by atoms with Crippen LogP contribution >= 0.6 is 0 Å².